The van der Waals surface area contributed by atoms with Crippen LogP contribution in [0.2, 0.25) is 0 Å². The molecule has 1 aromatic rings. The molecule has 166 valence electrons. The molecule has 5 aliphatic rings. The fourth-order valence-corrected chi connectivity index (χ4v) is 9.17. The van der Waals surface area contributed by atoms with Crippen LogP contribution in [0.5, 0.6) is 0 Å². The smallest absolute Gasteiger partial charge is 0.139 e. The highest BCUT2D eigenvalue weighted by molar-refractivity contribution is 5.87. The molecule has 7 atom stereocenters. The third-order valence-electron chi connectivity index (χ3n) is 10.7. The lowest BCUT2D eigenvalue weighted by molar-refractivity contribution is -0.297. The Morgan fingerprint density at radius 2 is 1.84 bits per heavy atom. The maximum atomic E-state index is 13.1. The monoisotopic (exact) mass is 422 g/mol. The van der Waals surface area contributed by atoms with E-state index in [9.17, 15) is 19.8 Å². The zero-order valence-corrected chi connectivity index (χ0v) is 18.7. The van der Waals surface area contributed by atoms with E-state index in [1.165, 1.54) is 16.7 Å². The van der Waals surface area contributed by atoms with Gasteiger partial charge in [0.1, 0.15) is 11.6 Å². The number of Topliss-reactive ketones (excluding diaryl/α,β-unsaturated/α-hetero) is 2. The van der Waals surface area contributed by atoms with E-state index in [4.69, 9.17) is 0 Å². The topological polar surface area (TPSA) is 74.6 Å². The minimum Gasteiger partial charge on any atom is -0.389 e. The molecule has 4 saturated carbocycles. The van der Waals surface area contributed by atoms with Gasteiger partial charge in [0.05, 0.1) is 11.2 Å². The first-order valence-electron chi connectivity index (χ1n) is 12.3. The van der Waals surface area contributed by atoms with E-state index in [0.717, 1.165) is 12.8 Å². The molecular weight excluding hydrogens is 388 g/mol. The minimum atomic E-state index is -1.15. The highest BCUT2D eigenvalue weighted by Gasteiger charge is 2.77. The van der Waals surface area contributed by atoms with Crippen molar-refractivity contribution in [1.29, 1.82) is 0 Å². The molecule has 0 radical (unpaired) electrons. The summed E-state index contributed by atoms with van der Waals surface area (Å²) < 4.78 is 0. The highest BCUT2D eigenvalue weighted by Crippen LogP contribution is 2.74. The van der Waals surface area contributed by atoms with E-state index in [0.29, 0.717) is 50.7 Å². The number of benzene rings is 1. The Morgan fingerprint density at radius 3 is 2.61 bits per heavy atom. The third kappa shape index (κ3) is 2.19. The number of aliphatic hydroxyl groups is 2. The van der Waals surface area contributed by atoms with Crippen LogP contribution in [0.3, 0.4) is 0 Å². The molecule has 0 saturated heterocycles. The maximum absolute atomic E-state index is 13.1. The first-order valence-corrected chi connectivity index (χ1v) is 12.3. The van der Waals surface area contributed by atoms with Gasteiger partial charge in [-0.1, -0.05) is 32.0 Å². The standard InChI is InChI=1S/C27H34O4/c1-3-16-4-5-19-17(12-16)13-25-10-8-18(28)14-26(25,30)11-9-21-20-6-7-23(29)24(20,2)15-22(19)27(21,25)31/h4-5,12,20-22,30-31H,3,6-11,13-15H2,1-2H3/t20-,21-,22+,24-,25+,26+,27-/m0/s1. The molecule has 1 aromatic carbocycles. The number of carbonyl (C=O) groups is 2. The fraction of sp³-hybridized carbons (Fsp3) is 0.704. The largest absolute Gasteiger partial charge is 0.389 e. The molecule has 5 aliphatic carbocycles. The van der Waals surface area contributed by atoms with Crippen molar-refractivity contribution in [1.82, 2.24) is 0 Å². The van der Waals surface area contributed by atoms with Gasteiger partial charge in [0.25, 0.3) is 0 Å². The van der Waals surface area contributed by atoms with Gasteiger partial charge in [-0.25, -0.2) is 0 Å². The van der Waals surface area contributed by atoms with E-state index < -0.39 is 16.6 Å². The SMILES string of the molecule is CCc1ccc2c(c1)C[C@]13CCC(=O)C[C@]1(O)CC[C@H]1[C@@H]4CCC(=O)[C@@]4(C)C[C@H]2[C@@]13O. The number of aryl methyl sites for hydroxylation is 1. The van der Waals surface area contributed by atoms with Crippen molar-refractivity contribution in [3.05, 3.63) is 34.9 Å². The number of fused-ring (bicyclic) bond motifs is 4. The van der Waals surface area contributed by atoms with Crippen molar-refractivity contribution >= 4 is 11.6 Å². The zero-order chi connectivity index (χ0) is 21.8. The lowest BCUT2D eigenvalue weighted by atomic mass is 9.35. The first-order chi connectivity index (χ1) is 14.7. The summed E-state index contributed by atoms with van der Waals surface area (Å²) in [6.07, 6.45) is 6.12. The fourth-order valence-electron chi connectivity index (χ4n) is 9.17. The Bertz CT molecular complexity index is 999. The summed E-state index contributed by atoms with van der Waals surface area (Å²) in [4.78, 5) is 25.6. The molecule has 2 N–H and O–H groups in total. The quantitative estimate of drug-likeness (QED) is 0.720. The molecular formula is C27H34O4. The van der Waals surface area contributed by atoms with Crippen LogP contribution >= 0.6 is 0 Å². The molecule has 31 heavy (non-hydrogen) atoms. The maximum Gasteiger partial charge on any atom is 0.139 e. The van der Waals surface area contributed by atoms with Gasteiger partial charge in [-0.05, 0) is 73.5 Å². The van der Waals surface area contributed by atoms with Crippen molar-refractivity contribution in [3.8, 4) is 0 Å². The van der Waals surface area contributed by atoms with Crippen molar-refractivity contribution < 1.29 is 19.8 Å². The molecule has 0 amide bonds. The van der Waals surface area contributed by atoms with Crippen LogP contribution in [0.1, 0.15) is 87.8 Å². The number of ketones is 2. The molecule has 0 bridgehead atoms. The number of hydrogen-bond acceptors (Lipinski definition) is 4. The van der Waals surface area contributed by atoms with Gasteiger partial charge in [0.2, 0.25) is 0 Å². The average molecular weight is 423 g/mol. The van der Waals surface area contributed by atoms with Gasteiger partial charge in [-0.15, -0.1) is 0 Å². The van der Waals surface area contributed by atoms with Crippen molar-refractivity contribution in [2.24, 2.45) is 22.7 Å². The molecule has 0 heterocycles. The van der Waals surface area contributed by atoms with Crippen LogP contribution in [0.4, 0.5) is 0 Å². The van der Waals surface area contributed by atoms with Gasteiger partial charge in [0.15, 0.2) is 0 Å². The molecule has 0 aromatic heterocycles. The number of hydrogen-bond donors (Lipinski definition) is 2. The van der Waals surface area contributed by atoms with Gasteiger partial charge in [-0.3, -0.25) is 9.59 Å². The minimum absolute atomic E-state index is 0.00942. The highest BCUT2D eigenvalue weighted by atomic mass is 16.3. The molecule has 6 rings (SSSR count). The molecule has 0 unspecified atom stereocenters. The second kappa shape index (κ2) is 6.08. The predicted molar refractivity (Wildman–Crippen MR) is 117 cm³/mol. The Morgan fingerprint density at radius 1 is 1.03 bits per heavy atom. The Labute approximate surface area is 184 Å². The zero-order valence-electron chi connectivity index (χ0n) is 18.7. The third-order valence-corrected chi connectivity index (χ3v) is 10.7. The summed E-state index contributed by atoms with van der Waals surface area (Å²) in [5.74, 6) is 0.504. The van der Waals surface area contributed by atoms with E-state index in [-0.39, 0.29) is 35.4 Å². The van der Waals surface area contributed by atoms with E-state index in [2.05, 4.69) is 32.0 Å². The second-order valence-corrected chi connectivity index (χ2v) is 11.6. The Kier molecular flexibility index (Phi) is 3.94. The normalized spacial score (nSPS) is 47.9. The number of carbonyl (C=O) groups excluding carboxylic acids is 2. The Hall–Kier alpha value is -1.52. The summed E-state index contributed by atoms with van der Waals surface area (Å²) in [5.41, 5.74) is 0.360. The predicted octanol–water partition coefficient (Wildman–Crippen LogP) is 3.89. The number of rotatable bonds is 1. The first kappa shape index (κ1) is 20.1. The molecule has 4 heteroatoms. The van der Waals surface area contributed by atoms with Crippen LogP contribution in [0, 0.1) is 22.7 Å². The van der Waals surface area contributed by atoms with Crippen LogP contribution in [0.15, 0.2) is 18.2 Å². The van der Waals surface area contributed by atoms with E-state index in [1.54, 1.807) is 0 Å². The van der Waals surface area contributed by atoms with E-state index >= 15 is 0 Å². The molecule has 0 aliphatic heterocycles. The summed E-state index contributed by atoms with van der Waals surface area (Å²) in [6.45, 7) is 4.29. The molecule has 4 nitrogen and oxygen atoms in total. The lowest BCUT2D eigenvalue weighted by Crippen LogP contribution is -2.76. The summed E-state index contributed by atoms with van der Waals surface area (Å²) in [5, 5.41) is 24.9. The van der Waals surface area contributed by atoms with Crippen LogP contribution in [0.25, 0.3) is 0 Å². The summed E-state index contributed by atoms with van der Waals surface area (Å²) in [6, 6.07) is 6.61. The van der Waals surface area contributed by atoms with Crippen LogP contribution < -0.4 is 0 Å². The Balaban J connectivity index is 1.62. The van der Waals surface area contributed by atoms with Gasteiger partial charge >= 0.3 is 0 Å². The van der Waals surface area contributed by atoms with Gasteiger partial charge in [-0.2, -0.15) is 0 Å². The molecule has 4 fully saturated rings. The van der Waals surface area contributed by atoms with Crippen LogP contribution in [-0.2, 0) is 22.4 Å². The average Bonchev–Trinajstić information content (AvgIpc) is 3.02. The van der Waals surface area contributed by atoms with Gasteiger partial charge < -0.3 is 10.2 Å². The van der Waals surface area contributed by atoms with Gasteiger partial charge in [0, 0.05) is 36.0 Å². The summed E-state index contributed by atoms with van der Waals surface area (Å²) >= 11 is 0. The van der Waals surface area contributed by atoms with Crippen molar-refractivity contribution in [2.45, 2.75) is 95.2 Å². The van der Waals surface area contributed by atoms with Crippen molar-refractivity contribution in [3.63, 3.8) is 0 Å². The summed E-state index contributed by atoms with van der Waals surface area (Å²) in [7, 11) is 0. The second-order valence-electron chi connectivity index (χ2n) is 11.6. The lowest BCUT2D eigenvalue weighted by Gasteiger charge is -2.71. The van der Waals surface area contributed by atoms with Crippen LogP contribution in [-0.4, -0.2) is 33.0 Å². The van der Waals surface area contributed by atoms with E-state index in [1.807, 2.05) is 0 Å². The van der Waals surface area contributed by atoms with Crippen molar-refractivity contribution in [2.75, 3.05) is 0 Å². The molecule has 1 spiro atoms.